The molecular formula is C14H22N2O3. The largest absolute Gasteiger partial charge is 0.493 e. The molecule has 0 saturated carbocycles. The highest BCUT2D eigenvalue weighted by molar-refractivity contribution is 5.76. The summed E-state index contributed by atoms with van der Waals surface area (Å²) in [7, 11) is 3.19. The van der Waals surface area contributed by atoms with Crippen LogP contribution < -0.4 is 20.1 Å². The molecule has 1 aromatic rings. The van der Waals surface area contributed by atoms with Crippen molar-refractivity contribution in [1.82, 2.24) is 5.32 Å². The molecule has 0 fully saturated rings. The number of methoxy groups -OCH3 is 2. The number of nitrogens with one attached hydrogen (secondary N) is 2. The Morgan fingerprint density at radius 2 is 1.89 bits per heavy atom. The summed E-state index contributed by atoms with van der Waals surface area (Å²) in [5.41, 5.74) is 0.898. The molecule has 5 nitrogen and oxygen atoms in total. The number of benzene rings is 1. The lowest BCUT2D eigenvalue weighted by atomic mass is 10.2. The van der Waals surface area contributed by atoms with E-state index in [4.69, 9.17) is 9.47 Å². The van der Waals surface area contributed by atoms with Crippen LogP contribution in [-0.4, -0.2) is 32.7 Å². The summed E-state index contributed by atoms with van der Waals surface area (Å²) in [6.45, 7) is 4.47. The number of anilines is 1. The van der Waals surface area contributed by atoms with E-state index < -0.39 is 0 Å². The summed E-state index contributed by atoms with van der Waals surface area (Å²) in [5, 5.41) is 6.02. The van der Waals surface area contributed by atoms with Crippen LogP contribution in [0, 0.1) is 0 Å². The van der Waals surface area contributed by atoms with Gasteiger partial charge in [-0.05, 0) is 26.0 Å². The van der Waals surface area contributed by atoms with Crippen LogP contribution in [0.5, 0.6) is 11.5 Å². The molecule has 0 saturated heterocycles. The van der Waals surface area contributed by atoms with Crippen molar-refractivity contribution in [2.75, 3.05) is 26.1 Å². The maximum absolute atomic E-state index is 11.5. The SMILES string of the molecule is COc1ccc(NCCC(=O)NC(C)C)cc1OC. The van der Waals surface area contributed by atoms with E-state index in [0.29, 0.717) is 24.5 Å². The smallest absolute Gasteiger partial charge is 0.221 e. The average Bonchev–Trinajstić information content (AvgIpc) is 2.37. The Labute approximate surface area is 114 Å². The first-order valence-electron chi connectivity index (χ1n) is 6.32. The van der Waals surface area contributed by atoms with Gasteiger partial charge < -0.3 is 20.1 Å². The Balaban J connectivity index is 2.47. The quantitative estimate of drug-likeness (QED) is 0.793. The monoisotopic (exact) mass is 266 g/mol. The van der Waals surface area contributed by atoms with E-state index in [1.807, 2.05) is 32.0 Å². The molecular weight excluding hydrogens is 244 g/mol. The van der Waals surface area contributed by atoms with Crippen molar-refractivity contribution in [3.8, 4) is 11.5 Å². The highest BCUT2D eigenvalue weighted by Crippen LogP contribution is 2.29. The summed E-state index contributed by atoms with van der Waals surface area (Å²) < 4.78 is 10.4. The van der Waals surface area contributed by atoms with Gasteiger partial charge in [0.25, 0.3) is 0 Å². The number of carbonyl (C=O) groups excluding carboxylic acids is 1. The van der Waals surface area contributed by atoms with Gasteiger partial charge in [0.05, 0.1) is 14.2 Å². The minimum Gasteiger partial charge on any atom is -0.493 e. The number of hydrogen-bond acceptors (Lipinski definition) is 4. The summed E-state index contributed by atoms with van der Waals surface area (Å²) in [6, 6.07) is 5.74. The number of rotatable bonds is 7. The lowest BCUT2D eigenvalue weighted by Crippen LogP contribution is -2.31. The van der Waals surface area contributed by atoms with Crippen LogP contribution >= 0.6 is 0 Å². The molecule has 1 amide bonds. The van der Waals surface area contributed by atoms with E-state index in [1.165, 1.54) is 0 Å². The van der Waals surface area contributed by atoms with Gasteiger partial charge in [0.15, 0.2) is 11.5 Å². The molecule has 0 atom stereocenters. The fraction of sp³-hybridized carbons (Fsp3) is 0.500. The van der Waals surface area contributed by atoms with Crippen molar-refractivity contribution in [2.45, 2.75) is 26.3 Å². The molecule has 19 heavy (non-hydrogen) atoms. The Kier molecular flexibility index (Phi) is 5.99. The number of ether oxygens (including phenoxy) is 2. The minimum atomic E-state index is 0.0444. The van der Waals surface area contributed by atoms with Crippen LogP contribution in [0.3, 0.4) is 0 Å². The summed E-state index contributed by atoms with van der Waals surface area (Å²) in [6.07, 6.45) is 0.437. The first-order chi connectivity index (χ1) is 9.06. The standard InChI is InChI=1S/C14H22N2O3/c1-10(2)16-14(17)7-8-15-11-5-6-12(18-3)13(9-11)19-4/h5-6,9-10,15H,7-8H2,1-4H3,(H,16,17). The fourth-order valence-corrected chi connectivity index (χ4v) is 1.66. The zero-order chi connectivity index (χ0) is 14.3. The van der Waals surface area contributed by atoms with Gasteiger partial charge in [-0.2, -0.15) is 0 Å². The van der Waals surface area contributed by atoms with Crippen molar-refractivity contribution in [1.29, 1.82) is 0 Å². The summed E-state index contributed by atoms with van der Waals surface area (Å²) >= 11 is 0. The van der Waals surface area contributed by atoms with E-state index in [-0.39, 0.29) is 11.9 Å². The van der Waals surface area contributed by atoms with Crippen LogP contribution in [0.2, 0.25) is 0 Å². The molecule has 0 unspecified atom stereocenters. The topological polar surface area (TPSA) is 59.6 Å². The first-order valence-corrected chi connectivity index (χ1v) is 6.32. The molecule has 0 aliphatic rings. The molecule has 2 N–H and O–H groups in total. The summed E-state index contributed by atoms with van der Waals surface area (Å²) in [5.74, 6) is 1.40. The highest BCUT2D eigenvalue weighted by atomic mass is 16.5. The van der Waals surface area contributed by atoms with Crippen LogP contribution in [0.4, 0.5) is 5.69 Å². The van der Waals surface area contributed by atoms with Gasteiger partial charge in [-0.25, -0.2) is 0 Å². The van der Waals surface area contributed by atoms with Crippen LogP contribution in [0.1, 0.15) is 20.3 Å². The molecule has 0 aromatic heterocycles. The molecule has 0 aliphatic heterocycles. The van der Waals surface area contributed by atoms with Crippen molar-refractivity contribution >= 4 is 11.6 Å². The van der Waals surface area contributed by atoms with Crippen molar-refractivity contribution < 1.29 is 14.3 Å². The molecule has 0 bridgehead atoms. The number of carbonyl (C=O) groups is 1. The highest BCUT2D eigenvalue weighted by Gasteiger charge is 2.05. The molecule has 1 aromatic carbocycles. The van der Waals surface area contributed by atoms with Crippen molar-refractivity contribution in [3.05, 3.63) is 18.2 Å². The van der Waals surface area contributed by atoms with Crippen LogP contribution in [-0.2, 0) is 4.79 Å². The lowest BCUT2D eigenvalue weighted by molar-refractivity contribution is -0.121. The van der Waals surface area contributed by atoms with Gasteiger partial charge in [0, 0.05) is 30.8 Å². The van der Waals surface area contributed by atoms with E-state index in [9.17, 15) is 4.79 Å². The van der Waals surface area contributed by atoms with Gasteiger partial charge in [0.1, 0.15) is 0 Å². The average molecular weight is 266 g/mol. The van der Waals surface area contributed by atoms with Crippen LogP contribution in [0.15, 0.2) is 18.2 Å². The second kappa shape index (κ2) is 7.51. The van der Waals surface area contributed by atoms with E-state index >= 15 is 0 Å². The summed E-state index contributed by atoms with van der Waals surface area (Å²) in [4.78, 5) is 11.5. The molecule has 106 valence electrons. The first kappa shape index (κ1) is 15.1. The third-order valence-corrected chi connectivity index (χ3v) is 2.51. The van der Waals surface area contributed by atoms with Gasteiger partial charge in [-0.15, -0.1) is 0 Å². The predicted molar refractivity (Wildman–Crippen MR) is 75.9 cm³/mol. The van der Waals surface area contributed by atoms with Gasteiger partial charge >= 0.3 is 0 Å². The predicted octanol–water partition coefficient (Wildman–Crippen LogP) is 2.03. The third-order valence-electron chi connectivity index (χ3n) is 2.51. The Morgan fingerprint density at radius 3 is 2.47 bits per heavy atom. The van der Waals surface area contributed by atoms with Gasteiger partial charge in [-0.1, -0.05) is 0 Å². The number of amides is 1. The maximum atomic E-state index is 11.5. The molecule has 0 radical (unpaired) electrons. The second-order valence-corrected chi connectivity index (χ2v) is 4.47. The molecule has 1 rings (SSSR count). The molecule has 0 aliphatic carbocycles. The third kappa shape index (κ3) is 5.07. The zero-order valence-corrected chi connectivity index (χ0v) is 11.9. The zero-order valence-electron chi connectivity index (χ0n) is 11.9. The van der Waals surface area contributed by atoms with E-state index in [2.05, 4.69) is 10.6 Å². The molecule has 5 heteroatoms. The van der Waals surface area contributed by atoms with Crippen molar-refractivity contribution in [2.24, 2.45) is 0 Å². The van der Waals surface area contributed by atoms with E-state index in [1.54, 1.807) is 14.2 Å². The van der Waals surface area contributed by atoms with Gasteiger partial charge in [0.2, 0.25) is 5.91 Å². The fourth-order valence-electron chi connectivity index (χ4n) is 1.66. The van der Waals surface area contributed by atoms with Crippen molar-refractivity contribution in [3.63, 3.8) is 0 Å². The van der Waals surface area contributed by atoms with Crippen LogP contribution in [0.25, 0.3) is 0 Å². The normalized spacial score (nSPS) is 10.2. The minimum absolute atomic E-state index is 0.0444. The maximum Gasteiger partial charge on any atom is 0.221 e. The Morgan fingerprint density at radius 1 is 1.21 bits per heavy atom. The van der Waals surface area contributed by atoms with Gasteiger partial charge in [-0.3, -0.25) is 4.79 Å². The lowest BCUT2D eigenvalue weighted by Gasteiger charge is -2.12. The molecule has 0 heterocycles. The number of hydrogen-bond donors (Lipinski definition) is 2. The van der Waals surface area contributed by atoms with E-state index in [0.717, 1.165) is 5.69 Å². The second-order valence-electron chi connectivity index (χ2n) is 4.47. The Bertz CT molecular complexity index is 419. The Hall–Kier alpha value is -1.91. The molecule has 0 spiro atoms.